The van der Waals surface area contributed by atoms with Gasteiger partial charge in [0.2, 0.25) is 0 Å². The second-order valence-electron chi connectivity index (χ2n) is 3.66. The van der Waals surface area contributed by atoms with Crippen molar-refractivity contribution in [3.05, 3.63) is 48.8 Å². The van der Waals surface area contributed by atoms with Crippen LogP contribution in [0.3, 0.4) is 0 Å². The highest BCUT2D eigenvalue weighted by Gasteiger charge is 2.27. The lowest BCUT2D eigenvalue weighted by atomic mass is 9.97. The summed E-state index contributed by atoms with van der Waals surface area (Å²) in [4.78, 5) is 8.39. The fourth-order valence-electron chi connectivity index (χ4n) is 1.57. The molecule has 0 aliphatic carbocycles. The first-order valence-electron chi connectivity index (χ1n) is 4.87. The molecule has 0 aromatic carbocycles. The summed E-state index contributed by atoms with van der Waals surface area (Å²) < 4.78 is 1.98. The highest BCUT2D eigenvalue weighted by atomic mass is 15.1. The van der Waals surface area contributed by atoms with Crippen LogP contribution in [-0.2, 0) is 5.54 Å². The van der Waals surface area contributed by atoms with E-state index in [1.54, 1.807) is 18.7 Å². The maximum atomic E-state index is 5.84. The largest absolute Gasteiger partial charge is 0.328 e. The molecule has 0 spiro atoms. The second-order valence-corrected chi connectivity index (χ2v) is 3.66. The van der Waals surface area contributed by atoms with Gasteiger partial charge < -0.3 is 10.3 Å². The van der Waals surface area contributed by atoms with Crippen LogP contribution in [0.4, 0.5) is 0 Å². The van der Waals surface area contributed by atoms with Crippen LogP contribution in [0.1, 0.15) is 12.6 Å². The monoisotopic (exact) mass is 202 g/mol. The molecule has 4 heteroatoms. The van der Waals surface area contributed by atoms with Crippen molar-refractivity contribution in [3.63, 3.8) is 0 Å². The Morgan fingerprint density at radius 2 is 2.27 bits per heavy atom. The lowest BCUT2D eigenvalue weighted by Gasteiger charge is -2.28. The Labute approximate surface area is 88.8 Å². The van der Waals surface area contributed by atoms with E-state index in [1.807, 2.05) is 29.0 Å². The van der Waals surface area contributed by atoms with E-state index in [2.05, 4.69) is 16.9 Å². The van der Waals surface area contributed by atoms with Crippen LogP contribution in [0.25, 0.3) is 0 Å². The fraction of sp³-hybridized carbons (Fsp3) is 0.273. The lowest BCUT2D eigenvalue weighted by Crippen LogP contribution is -2.39. The van der Waals surface area contributed by atoms with Gasteiger partial charge in [-0.15, -0.1) is 0 Å². The predicted octanol–water partition coefficient (Wildman–Crippen LogP) is 1.00. The van der Waals surface area contributed by atoms with Gasteiger partial charge in [0, 0.05) is 25.1 Å². The van der Waals surface area contributed by atoms with E-state index >= 15 is 0 Å². The molecule has 2 aromatic rings. The quantitative estimate of drug-likeness (QED) is 0.807. The number of hydrogen-bond donors (Lipinski definition) is 1. The first-order chi connectivity index (χ1) is 7.27. The Hall–Kier alpha value is -1.68. The molecule has 0 saturated carbocycles. The molecule has 0 bridgehead atoms. The van der Waals surface area contributed by atoms with Gasteiger partial charge in [-0.1, -0.05) is 6.07 Å². The van der Waals surface area contributed by atoms with Crippen molar-refractivity contribution in [1.82, 2.24) is 14.5 Å². The number of hydrogen-bond acceptors (Lipinski definition) is 3. The SMILES string of the molecule is CC(CN)(c1ccccn1)n1ccnc1. The van der Waals surface area contributed by atoms with E-state index in [0.29, 0.717) is 6.54 Å². The summed E-state index contributed by atoms with van der Waals surface area (Å²) in [5, 5.41) is 0. The molecular formula is C11H14N4. The molecule has 2 N–H and O–H groups in total. The summed E-state index contributed by atoms with van der Waals surface area (Å²) in [6, 6.07) is 5.84. The molecule has 2 rings (SSSR count). The summed E-state index contributed by atoms with van der Waals surface area (Å²) >= 11 is 0. The van der Waals surface area contributed by atoms with Crippen molar-refractivity contribution >= 4 is 0 Å². The van der Waals surface area contributed by atoms with E-state index in [9.17, 15) is 0 Å². The second kappa shape index (κ2) is 3.82. The lowest BCUT2D eigenvalue weighted by molar-refractivity contribution is 0.392. The molecule has 0 aliphatic heterocycles. The zero-order valence-electron chi connectivity index (χ0n) is 8.67. The van der Waals surface area contributed by atoms with Gasteiger partial charge in [-0.05, 0) is 19.1 Å². The topological polar surface area (TPSA) is 56.7 Å². The maximum Gasteiger partial charge on any atom is 0.0969 e. The van der Waals surface area contributed by atoms with Crippen LogP contribution in [0.2, 0.25) is 0 Å². The van der Waals surface area contributed by atoms with Crippen LogP contribution in [0.5, 0.6) is 0 Å². The third kappa shape index (κ3) is 1.64. The summed E-state index contributed by atoms with van der Waals surface area (Å²) in [6.45, 7) is 2.54. The average Bonchev–Trinajstić information content (AvgIpc) is 2.83. The van der Waals surface area contributed by atoms with Crippen molar-refractivity contribution in [2.45, 2.75) is 12.5 Å². The van der Waals surface area contributed by atoms with Crippen molar-refractivity contribution in [2.75, 3.05) is 6.54 Å². The molecular weight excluding hydrogens is 188 g/mol. The Kier molecular flexibility index (Phi) is 2.51. The van der Waals surface area contributed by atoms with Crippen molar-refractivity contribution in [2.24, 2.45) is 5.73 Å². The van der Waals surface area contributed by atoms with Crippen LogP contribution < -0.4 is 5.73 Å². The molecule has 0 saturated heterocycles. The van der Waals surface area contributed by atoms with Crippen molar-refractivity contribution < 1.29 is 0 Å². The maximum absolute atomic E-state index is 5.84. The van der Waals surface area contributed by atoms with Crippen molar-refractivity contribution in [1.29, 1.82) is 0 Å². The number of nitrogens with two attached hydrogens (primary N) is 1. The summed E-state index contributed by atoms with van der Waals surface area (Å²) in [7, 11) is 0. The minimum atomic E-state index is -0.322. The van der Waals surface area contributed by atoms with Gasteiger partial charge in [0.1, 0.15) is 0 Å². The zero-order valence-corrected chi connectivity index (χ0v) is 8.67. The van der Waals surface area contributed by atoms with Gasteiger partial charge in [0.05, 0.1) is 17.6 Å². The Morgan fingerprint density at radius 1 is 1.40 bits per heavy atom. The molecule has 2 heterocycles. The molecule has 1 unspecified atom stereocenters. The zero-order chi connectivity index (χ0) is 10.7. The number of pyridine rings is 1. The first-order valence-corrected chi connectivity index (χ1v) is 4.87. The standard InChI is InChI=1S/C11H14N4/c1-11(8-12,15-7-6-13-9-15)10-4-2-3-5-14-10/h2-7,9H,8,12H2,1H3. The third-order valence-electron chi connectivity index (χ3n) is 2.69. The van der Waals surface area contributed by atoms with E-state index in [1.165, 1.54) is 0 Å². The van der Waals surface area contributed by atoms with Crippen LogP contribution in [-0.4, -0.2) is 21.1 Å². The third-order valence-corrected chi connectivity index (χ3v) is 2.69. The van der Waals surface area contributed by atoms with E-state index in [-0.39, 0.29) is 5.54 Å². The van der Waals surface area contributed by atoms with E-state index < -0.39 is 0 Å². The molecule has 0 amide bonds. The molecule has 0 aliphatic rings. The Balaban J connectivity index is 2.47. The van der Waals surface area contributed by atoms with Gasteiger partial charge in [-0.2, -0.15) is 0 Å². The Morgan fingerprint density at radius 3 is 2.80 bits per heavy atom. The highest BCUT2D eigenvalue weighted by molar-refractivity contribution is 5.17. The summed E-state index contributed by atoms with van der Waals surface area (Å²) in [5.41, 5.74) is 6.47. The number of nitrogens with zero attached hydrogens (tertiary/aromatic N) is 3. The van der Waals surface area contributed by atoms with Gasteiger partial charge in [0.15, 0.2) is 0 Å². The van der Waals surface area contributed by atoms with Crippen LogP contribution in [0.15, 0.2) is 43.1 Å². The van der Waals surface area contributed by atoms with Gasteiger partial charge in [-0.25, -0.2) is 4.98 Å². The minimum absolute atomic E-state index is 0.322. The smallest absolute Gasteiger partial charge is 0.0969 e. The van der Waals surface area contributed by atoms with Gasteiger partial charge in [0.25, 0.3) is 0 Å². The molecule has 15 heavy (non-hydrogen) atoms. The molecule has 2 aromatic heterocycles. The molecule has 78 valence electrons. The van der Waals surface area contributed by atoms with E-state index in [0.717, 1.165) is 5.69 Å². The molecule has 4 nitrogen and oxygen atoms in total. The average molecular weight is 202 g/mol. The molecule has 1 atom stereocenters. The molecule has 0 fully saturated rings. The van der Waals surface area contributed by atoms with Crippen molar-refractivity contribution in [3.8, 4) is 0 Å². The minimum Gasteiger partial charge on any atom is -0.328 e. The molecule has 0 radical (unpaired) electrons. The van der Waals surface area contributed by atoms with Crippen LogP contribution >= 0.6 is 0 Å². The number of imidazole rings is 1. The number of aromatic nitrogens is 3. The first kappa shape index (κ1) is 9.86. The normalized spacial score (nSPS) is 14.8. The Bertz CT molecular complexity index is 409. The number of rotatable bonds is 3. The van der Waals surface area contributed by atoms with Gasteiger partial charge >= 0.3 is 0 Å². The summed E-state index contributed by atoms with van der Waals surface area (Å²) in [6.07, 6.45) is 7.19. The van der Waals surface area contributed by atoms with E-state index in [4.69, 9.17) is 5.73 Å². The highest BCUT2D eigenvalue weighted by Crippen LogP contribution is 2.22. The predicted molar refractivity (Wildman–Crippen MR) is 58.3 cm³/mol. The fourth-order valence-corrected chi connectivity index (χ4v) is 1.57. The van der Waals surface area contributed by atoms with Gasteiger partial charge in [-0.3, -0.25) is 4.98 Å². The van der Waals surface area contributed by atoms with Crippen LogP contribution in [0, 0.1) is 0 Å². The summed E-state index contributed by atoms with van der Waals surface area (Å²) in [5.74, 6) is 0.